The van der Waals surface area contributed by atoms with Gasteiger partial charge in [0.05, 0.1) is 0 Å². The molecule has 0 atom stereocenters. The molecule has 3 aliphatic rings. The fourth-order valence-corrected chi connectivity index (χ4v) is 7.30. The second kappa shape index (κ2) is 23.7. The molecule has 0 unspecified atom stereocenters. The molecule has 5 heteroatoms. The summed E-state index contributed by atoms with van der Waals surface area (Å²) >= 11 is 9.97. The second-order valence-corrected chi connectivity index (χ2v) is 14.8. The van der Waals surface area contributed by atoms with Gasteiger partial charge in [-0.1, -0.05) is 207 Å². The van der Waals surface area contributed by atoms with E-state index in [0.29, 0.717) is 5.92 Å². The molecule has 0 spiro atoms. The molecule has 0 N–H and O–H groups in total. The molecule has 6 aromatic rings. The molecule has 0 amide bonds. The van der Waals surface area contributed by atoms with Crippen molar-refractivity contribution < 1.29 is 39.1 Å². The van der Waals surface area contributed by atoms with Gasteiger partial charge in [0, 0.05) is 23.3 Å². The monoisotopic (exact) mass is 863 g/mol. The van der Waals surface area contributed by atoms with Crippen LogP contribution < -0.4 is 37.7 Å². The second-order valence-electron chi connectivity index (χ2n) is 12.4. The van der Waals surface area contributed by atoms with E-state index in [1.54, 1.807) is 0 Å². The summed E-state index contributed by atoms with van der Waals surface area (Å²) in [6, 6.07) is 52.2. The number of benzene rings is 6. The molecule has 9 rings (SSSR count). The molecule has 0 nitrogen and oxygen atoms in total. The zero-order chi connectivity index (χ0) is 35.1. The molecule has 3 aliphatic carbocycles. The van der Waals surface area contributed by atoms with E-state index < -0.39 is 0 Å². The largest absolute Gasteiger partial charge is 1.00 e. The van der Waals surface area contributed by atoms with Crippen LogP contribution in [0.15, 0.2) is 146 Å². The fraction of sp³-hybridized carbons (Fsp3) is 0.213. The summed E-state index contributed by atoms with van der Waals surface area (Å²) in [4.78, 5) is 0. The molecule has 6 aromatic carbocycles. The van der Waals surface area contributed by atoms with Crippen LogP contribution in [0.3, 0.4) is 0 Å². The predicted molar refractivity (Wildman–Crippen MR) is 231 cm³/mol. The molecule has 0 radical (unpaired) electrons. The molecular weight excluding hydrogens is 818 g/mol. The van der Waals surface area contributed by atoms with E-state index in [1.165, 1.54) is 79.6 Å². The SMILES string of the molecule is BrCCBr.BrCCC1c2ccccc2-c2ccccc21.[CH2-]CCC.[HH].[Li+].[Li+].c1ccc2c(c1)Cc1ccccc1-2.c1ccc2c(c1)Cc1ccccc1-2. The first kappa shape index (κ1) is 44.4. The Morgan fingerprint density at radius 2 is 0.731 bits per heavy atom. The van der Waals surface area contributed by atoms with E-state index in [2.05, 4.69) is 207 Å². The van der Waals surface area contributed by atoms with Crippen LogP contribution in [0, 0.1) is 6.92 Å². The van der Waals surface area contributed by atoms with E-state index >= 15 is 0 Å². The summed E-state index contributed by atoms with van der Waals surface area (Å²) in [7, 11) is 0. The summed E-state index contributed by atoms with van der Waals surface area (Å²) in [5, 5.41) is 3.15. The van der Waals surface area contributed by atoms with E-state index in [-0.39, 0.29) is 39.1 Å². The molecule has 0 aromatic heterocycles. The standard InChI is InChI=1S/C15H13Br.2C13H10.C4H9.C2H4Br2.2Li.H2/c16-10-9-15-13-7-3-1-5-11(13)12-6-2-4-8-14(12)15;2*1-3-7-12-10(5-1)9-11-6-2-4-8-13(11)12;1-3-4-2;3-1-2-4;;;/h1-8,15H,9-10H2;2*1-8H,9H2;1,3-4H2,2H3;1-2H2;;;1H/q;;;-1;;2*+1;. The van der Waals surface area contributed by atoms with Crippen molar-refractivity contribution in [3.63, 3.8) is 0 Å². The average Bonchev–Trinajstić information content (AvgIpc) is 3.86. The molecule has 0 saturated heterocycles. The first-order valence-corrected chi connectivity index (χ1v) is 21.0. The number of hydrogen-bond acceptors (Lipinski definition) is 0. The number of unbranched alkanes of at least 4 members (excludes halogenated alkanes) is 1. The predicted octanol–water partition coefficient (Wildman–Crippen LogP) is 8.75. The van der Waals surface area contributed by atoms with Crippen molar-refractivity contribution >= 4 is 47.8 Å². The van der Waals surface area contributed by atoms with Gasteiger partial charge in [0.1, 0.15) is 0 Å². The summed E-state index contributed by atoms with van der Waals surface area (Å²) in [6.45, 7) is 5.72. The molecule has 0 saturated carbocycles. The van der Waals surface area contributed by atoms with Gasteiger partial charge >= 0.3 is 37.7 Å². The topological polar surface area (TPSA) is 0 Å². The van der Waals surface area contributed by atoms with E-state index in [0.717, 1.165) is 35.3 Å². The Morgan fingerprint density at radius 3 is 1.00 bits per heavy atom. The molecule has 258 valence electrons. The van der Waals surface area contributed by atoms with Gasteiger partial charge < -0.3 is 6.92 Å². The van der Waals surface area contributed by atoms with Gasteiger partial charge in [-0.15, -0.1) is 0 Å². The third kappa shape index (κ3) is 11.2. The molecule has 0 aliphatic heterocycles. The zero-order valence-corrected chi connectivity index (χ0v) is 35.7. The Bertz CT molecular complexity index is 1730. The average molecular weight is 866 g/mol. The van der Waals surface area contributed by atoms with E-state index in [9.17, 15) is 0 Å². The fourth-order valence-electron chi connectivity index (χ4n) is 6.84. The Morgan fingerprint density at radius 1 is 0.462 bits per heavy atom. The number of halogens is 3. The minimum absolute atomic E-state index is 0. The van der Waals surface area contributed by atoms with Crippen LogP contribution in [-0.2, 0) is 12.8 Å². The molecule has 0 fully saturated rings. The molecule has 0 bridgehead atoms. The van der Waals surface area contributed by atoms with Gasteiger partial charge in [0.25, 0.3) is 0 Å². The summed E-state index contributed by atoms with van der Waals surface area (Å²) < 4.78 is 0. The smallest absolute Gasteiger partial charge is 0.343 e. The Hall–Kier alpha value is -2.05. The minimum atomic E-state index is 0. The quantitative estimate of drug-likeness (QED) is 0.0944. The van der Waals surface area contributed by atoms with Gasteiger partial charge in [-0.3, -0.25) is 0 Å². The van der Waals surface area contributed by atoms with Gasteiger partial charge in [-0.2, -0.15) is 6.42 Å². The Labute approximate surface area is 363 Å². The molecule has 52 heavy (non-hydrogen) atoms. The van der Waals surface area contributed by atoms with Crippen molar-refractivity contribution in [2.75, 3.05) is 16.0 Å². The van der Waals surface area contributed by atoms with E-state index in [1.807, 2.05) is 0 Å². The van der Waals surface area contributed by atoms with Crippen LogP contribution >= 0.6 is 47.8 Å². The Balaban J connectivity index is 0.000000245. The van der Waals surface area contributed by atoms with Crippen LogP contribution in [0.2, 0.25) is 0 Å². The van der Waals surface area contributed by atoms with Crippen molar-refractivity contribution in [2.24, 2.45) is 0 Å². The van der Waals surface area contributed by atoms with Crippen LogP contribution in [0.5, 0.6) is 0 Å². The first-order chi connectivity index (χ1) is 24.6. The van der Waals surface area contributed by atoms with Crippen molar-refractivity contribution in [2.45, 2.75) is 44.9 Å². The van der Waals surface area contributed by atoms with Crippen LogP contribution in [0.1, 0.15) is 66.9 Å². The number of hydrogen-bond donors (Lipinski definition) is 0. The first-order valence-electron chi connectivity index (χ1n) is 17.6. The van der Waals surface area contributed by atoms with Gasteiger partial charge in [0.2, 0.25) is 0 Å². The van der Waals surface area contributed by atoms with Crippen molar-refractivity contribution in [1.29, 1.82) is 0 Å². The number of alkyl halides is 3. The maximum atomic E-state index is 3.60. The Kier molecular flexibility index (Phi) is 20.2. The number of fused-ring (bicyclic) bond motifs is 9. The van der Waals surface area contributed by atoms with Gasteiger partial charge in [-0.05, 0) is 86.0 Å². The summed E-state index contributed by atoms with van der Waals surface area (Å²) in [5.41, 5.74) is 17.3. The van der Waals surface area contributed by atoms with E-state index in [4.69, 9.17) is 0 Å². The van der Waals surface area contributed by atoms with Crippen LogP contribution in [-0.4, -0.2) is 16.0 Å². The van der Waals surface area contributed by atoms with Gasteiger partial charge in [0.15, 0.2) is 0 Å². The maximum absolute atomic E-state index is 3.60. The number of rotatable bonds is 4. The summed E-state index contributed by atoms with van der Waals surface area (Å²) in [6.07, 6.45) is 5.66. The van der Waals surface area contributed by atoms with Crippen molar-refractivity contribution in [3.8, 4) is 33.4 Å². The minimum Gasteiger partial charge on any atom is -0.343 e. The van der Waals surface area contributed by atoms with Crippen LogP contribution in [0.4, 0.5) is 0 Å². The van der Waals surface area contributed by atoms with Crippen molar-refractivity contribution in [3.05, 3.63) is 186 Å². The third-order valence-corrected chi connectivity index (χ3v) is 11.5. The summed E-state index contributed by atoms with van der Waals surface area (Å²) in [5.74, 6) is 0.576. The molecule has 0 heterocycles. The maximum Gasteiger partial charge on any atom is 1.00 e. The third-order valence-electron chi connectivity index (χ3n) is 9.20. The zero-order valence-electron chi connectivity index (χ0n) is 30.9. The normalized spacial score (nSPS) is 11.5. The molecular formula is C47H48Br3Li2+. The van der Waals surface area contributed by atoms with Crippen molar-refractivity contribution in [1.82, 2.24) is 0 Å². The van der Waals surface area contributed by atoms with Gasteiger partial charge in [-0.25, -0.2) is 0 Å². The van der Waals surface area contributed by atoms with Crippen LogP contribution in [0.25, 0.3) is 33.4 Å².